The zero-order valence-electron chi connectivity index (χ0n) is 18.0. The first kappa shape index (κ1) is 22.9. The van der Waals surface area contributed by atoms with E-state index in [-0.39, 0.29) is 5.91 Å². The molecule has 2 aromatic rings. The molecule has 0 aliphatic rings. The molecule has 0 aromatic heterocycles. The number of amides is 1. The van der Waals surface area contributed by atoms with E-state index < -0.39 is 0 Å². The van der Waals surface area contributed by atoms with E-state index in [0.717, 1.165) is 23.6 Å². The van der Waals surface area contributed by atoms with Gasteiger partial charge in [-0.05, 0) is 31.2 Å². The molecule has 30 heavy (non-hydrogen) atoms. The molecule has 0 bridgehead atoms. The van der Waals surface area contributed by atoms with E-state index in [1.165, 1.54) is 6.92 Å². The van der Waals surface area contributed by atoms with Gasteiger partial charge in [-0.3, -0.25) is 4.79 Å². The van der Waals surface area contributed by atoms with Crippen molar-refractivity contribution in [2.45, 2.75) is 20.4 Å². The SMILES string of the molecule is CCNC(=NCc1ccc(OC)cc1OC)NCCOc1cccc(NC(C)=O)c1. The fourth-order valence-corrected chi connectivity index (χ4v) is 2.69. The largest absolute Gasteiger partial charge is 0.497 e. The number of nitrogens with one attached hydrogen (secondary N) is 3. The van der Waals surface area contributed by atoms with Gasteiger partial charge < -0.3 is 30.2 Å². The Kier molecular flexibility index (Phi) is 9.30. The standard InChI is InChI=1S/C22H30N4O4/c1-5-23-22(25-15-17-9-10-19(28-3)14-21(17)29-4)24-11-12-30-20-8-6-7-18(13-20)26-16(2)27/h6-10,13-14H,5,11-12,15H2,1-4H3,(H,26,27)(H2,23,24,25). The summed E-state index contributed by atoms with van der Waals surface area (Å²) in [6.07, 6.45) is 0. The lowest BCUT2D eigenvalue weighted by Gasteiger charge is -2.13. The second-order valence-corrected chi connectivity index (χ2v) is 6.36. The maximum atomic E-state index is 11.2. The molecule has 0 saturated carbocycles. The van der Waals surface area contributed by atoms with Crippen LogP contribution in [0.15, 0.2) is 47.5 Å². The molecule has 0 atom stereocenters. The molecule has 8 heteroatoms. The third kappa shape index (κ3) is 7.54. The maximum absolute atomic E-state index is 11.2. The number of aliphatic imine (C=N–C) groups is 1. The predicted octanol–water partition coefficient (Wildman–Crippen LogP) is 2.80. The first-order chi connectivity index (χ1) is 14.5. The lowest BCUT2D eigenvalue weighted by atomic mass is 10.2. The first-order valence-electron chi connectivity index (χ1n) is 9.79. The summed E-state index contributed by atoms with van der Waals surface area (Å²) in [5.41, 5.74) is 1.66. The van der Waals surface area contributed by atoms with Gasteiger partial charge >= 0.3 is 0 Å². The van der Waals surface area contributed by atoms with Crippen LogP contribution in [0.5, 0.6) is 17.2 Å². The molecular weight excluding hydrogens is 384 g/mol. The van der Waals surface area contributed by atoms with Gasteiger partial charge in [-0.2, -0.15) is 0 Å². The summed E-state index contributed by atoms with van der Waals surface area (Å²) in [5, 5.41) is 9.20. The molecule has 162 valence electrons. The number of guanidine groups is 1. The van der Waals surface area contributed by atoms with Crippen LogP contribution in [0, 0.1) is 0 Å². The molecule has 0 fully saturated rings. The van der Waals surface area contributed by atoms with E-state index in [1.54, 1.807) is 20.3 Å². The van der Waals surface area contributed by atoms with Gasteiger partial charge in [-0.25, -0.2) is 4.99 Å². The number of carbonyl (C=O) groups excluding carboxylic acids is 1. The van der Waals surface area contributed by atoms with Crippen molar-refractivity contribution < 1.29 is 19.0 Å². The zero-order valence-corrected chi connectivity index (χ0v) is 18.0. The first-order valence-corrected chi connectivity index (χ1v) is 9.79. The summed E-state index contributed by atoms with van der Waals surface area (Å²) >= 11 is 0. The Morgan fingerprint density at radius 3 is 2.57 bits per heavy atom. The Morgan fingerprint density at radius 2 is 1.87 bits per heavy atom. The van der Waals surface area contributed by atoms with Crippen LogP contribution in [0.25, 0.3) is 0 Å². The number of methoxy groups -OCH3 is 2. The van der Waals surface area contributed by atoms with E-state index in [4.69, 9.17) is 14.2 Å². The Labute approximate surface area is 177 Å². The lowest BCUT2D eigenvalue weighted by Crippen LogP contribution is -2.39. The van der Waals surface area contributed by atoms with Gasteiger partial charge in [0.25, 0.3) is 0 Å². The monoisotopic (exact) mass is 414 g/mol. The van der Waals surface area contributed by atoms with Crippen molar-refractivity contribution in [3.8, 4) is 17.2 Å². The van der Waals surface area contributed by atoms with Gasteiger partial charge in [0.1, 0.15) is 23.9 Å². The average molecular weight is 415 g/mol. The highest BCUT2D eigenvalue weighted by atomic mass is 16.5. The molecule has 0 unspecified atom stereocenters. The number of nitrogens with zero attached hydrogens (tertiary/aromatic N) is 1. The van der Waals surface area contributed by atoms with E-state index in [9.17, 15) is 4.79 Å². The van der Waals surface area contributed by atoms with Gasteiger partial charge in [0.15, 0.2) is 5.96 Å². The minimum Gasteiger partial charge on any atom is -0.497 e. The van der Waals surface area contributed by atoms with E-state index in [2.05, 4.69) is 20.9 Å². The molecule has 0 spiro atoms. The van der Waals surface area contributed by atoms with Crippen LogP contribution in [-0.4, -0.2) is 45.8 Å². The summed E-state index contributed by atoms with van der Waals surface area (Å²) in [6, 6.07) is 13.0. The second kappa shape index (κ2) is 12.2. The molecule has 8 nitrogen and oxygen atoms in total. The van der Waals surface area contributed by atoms with Crippen molar-refractivity contribution in [3.63, 3.8) is 0 Å². The van der Waals surface area contributed by atoms with Crippen molar-refractivity contribution in [2.75, 3.05) is 39.2 Å². The third-order valence-corrected chi connectivity index (χ3v) is 4.06. The highest BCUT2D eigenvalue weighted by Crippen LogP contribution is 2.25. The summed E-state index contributed by atoms with van der Waals surface area (Å²) in [4.78, 5) is 15.8. The fourth-order valence-electron chi connectivity index (χ4n) is 2.69. The highest BCUT2D eigenvalue weighted by Gasteiger charge is 2.06. The fraction of sp³-hybridized carbons (Fsp3) is 0.364. The smallest absolute Gasteiger partial charge is 0.221 e. The quantitative estimate of drug-likeness (QED) is 0.315. The molecule has 3 N–H and O–H groups in total. The number of rotatable bonds is 10. The highest BCUT2D eigenvalue weighted by molar-refractivity contribution is 5.88. The van der Waals surface area contributed by atoms with Crippen LogP contribution in [0.1, 0.15) is 19.4 Å². The van der Waals surface area contributed by atoms with Crippen LogP contribution >= 0.6 is 0 Å². The van der Waals surface area contributed by atoms with E-state index in [0.29, 0.717) is 37.1 Å². The molecule has 0 aliphatic carbocycles. The zero-order chi connectivity index (χ0) is 21.8. The van der Waals surface area contributed by atoms with Crippen LogP contribution in [0.3, 0.4) is 0 Å². The summed E-state index contributed by atoms with van der Waals surface area (Å²) in [5.74, 6) is 2.73. The van der Waals surface area contributed by atoms with E-state index >= 15 is 0 Å². The number of carbonyl (C=O) groups is 1. The number of anilines is 1. The molecule has 0 saturated heterocycles. The van der Waals surface area contributed by atoms with Crippen LogP contribution < -0.4 is 30.2 Å². The van der Waals surface area contributed by atoms with Crippen LogP contribution in [0.2, 0.25) is 0 Å². The summed E-state index contributed by atoms with van der Waals surface area (Å²) < 4.78 is 16.4. The van der Waals surface area contributed by atoms with Crippen molar-refractivity contribution in [3.05, 3.63) is 48.0 Å². The molecule has 2 aromatic carbocycles. The summed E-state index contributed by atoms with van der Waals surface area (Å²) in [7, 11) is 3.25. The van der Waals surface area contributed by atoms with Gasteiger partial charge in [0.2, 0.25) is 5.91 Å². The van der Waals surface area contributed by atoms with Gasteiger partial charge in [-0.15, -0.1) is 0 Å². The Balaban J connectivity index is 1.89. The van der Waals surface area contributed by atoms with Crippen molar-refractivity contribution in [1.29, 1.82) is 0 Å². The minimum atomic E-state index is -0.117. The molecule has 0 aliphatic heterocycles. The number of ether oxygens (including phenoxy) is 3. The van der Waals surface area contributed by atoms with Gasteiger partial charge in [-0.1, -0.05) is 6.07 Å². The Hall–Kier alpha value is -3.42. The normalized spacial score (nSPS) is 10.9. The van der Waals surface area contributed by atoms with Crippen LogP contribution in [-0.2, 0) is 11.3 Å². The minimum absolute atomic E-state index is 0.117. The predicted molar refractivity (Wildman–Crippen MR) is 119 cm³/mol. The molecular formula is C22H30N4O4. The average Bonchev–Trinajstić information content (AvgIpc) is 2.74. The van der Waals surface area contributed by atoms with Crippen molar-refractivity contribution in [1.82, 2.24) is 10.6 Å². The number of hydrogen-bond acceptors (Lipinski definition) is 5. The van der Waals surface area contributed by atoms with Gasteiger partial charge in [0, 0.05) is 36.9 Å². The molecule has 0 heterocycles. The number of benzene rings is 2. The van der Waals surface area contributed by atoms with Gasteiger partial charge in [0.05, 0.1) is 27.3 Å². The molecule has 2 rings (SSSR count). The number of hydrogen-bond donors (Lipinski definition) is 3. The summed E-state index contributed by atoms with van der Waals surface area (Å²) in [6.45, 7) is 5.69. The van der Waals surface area contributed by atoms with E-state index in [1.807, 2.05) is 43.3 Å². The lowest BCUT2D eigenvalue weighted by molar-refractivity contribution is -0.114. The van der Waals surface area contributed by atoms with Crippen molar-refractivity contribution in [2.24, 2.45) is 4.99 Å². The Bertz CT molecular complexity index is 855. The molecule has 1 amide bonds. The Morgan fingerprint density at radius 1 is 1.03 bits per heavy atom. The third-order valence-electron chi connectivity index (χ3n) is 4.06. The molecule has 0 radical (unpaired) electrons. The van der Waals surface area contributed by atoms with Crippen molar-refractivity contribution >= 4 is 17.6 Å². The van der Waals surface area contributed by atoms with Crippen LogP contribution in [0.4, 0.5) is 5.69 Å². The topological polar surface area (TPSA) is 93.2 Å². The second-order valence-electron chi connectivity index (χ2n) is 6.36. The maximum Gasteiger partial charge on any atom is 0.221 e.